The van der Waals surface area contributed by atoms with Crippen LogP contribution in [0.2, 0.25) is 0 Å². The van der Waals surface area contributed by atoms with E-state index in [2.05, 4.69) is 12.2 Å². The molecule has 128 valence electrons. The fourth-order valence-corrected chi connectivity index (χ4v) is 3.00. The second-order valence-corrected chi connectivity index (χ2v) is 6.30. The van der Waals surface area contributed by atoms with Crippen LogP contribution in [0.25, 0.3) is 0 Å². The van der Waals surface area contributed by atoms with Crippen LogP contribution < -0.4 is 14.8 Å². The number of carbonyl (C=O) groups is 1. The summed E-state index contributed by atoms with van der Waals surface area (Å²) in [6.45, 7) is 5.90. The largest absolute Gasteiger partial charge is 0.497 e. The molecule has 2 atom stereocenters. The zero-order valence-electron chi connectivity index (χ0n) is 14.6. The second kappa shape index (κ2) is 8.09. The van der Waals surface area contributed by atoms with Gasteiger partial charge >= 0.3 is 6.03 Å². The summed E-state index contributed by atoms with van der Waals surface area (Å²) in [7, 11) is 3.25. The van der Waals surface area contributed by atoms with E-state index in [1.165, 1.54) is 6.42 Å². The molecular weight excluding hydrogens is 292 g/mol. The molecule has 0 saturated carbocycles. The van der Waals surface area contributed by atoms with Crippen molar-refractivity contribution < 1.29 is 14.3 Å². The third-order valence-corrected chi connectivity index (χ3v) is 4.55. The highest BCUT2D eigenvalue weighted by Crippen LogP contribution is 2.29. The summed E-state index contributed by atoms with van der Waals surface area (Å²) in [6, 6.07) is 5.54. The van der Waals surface area contributed by atoms with Crippen LogP contribution in [0.5, 0.6) is 11.5 Å². The minimum atomic E-state index is -0.121. The first-order valence-corrected chi connectivity index (χ1v) is 8.32. The Bertz CT molecular complexity index is 533. The predicted octanol–water partition coefficient (Wildman–Crippen LogP) is 3.60. The van der Waals surface area contributed by atoms with Crippen LogP contribution in [0.15, 0.2) is 18.2 Å². The number of amides is 2. The lowest BCUT2D eigenvalue weighted by molar-refractivity contribution is 0.196. The Morgan fingerprint density at radius 3 is 2.74 bits per heavy atom. The van der Waals surface area contributed by atoms with Gasteiger partial charge in [-0.2, -0.15) is 0 Å². The SMILES string of the molecule is COc1ccc(C(C)NC(=O)N2CCCC(C)CC2)c(OC)c1. The summed E-state index contributed by atoms with van der Waals surface area (Å²) in [4.78, 5) is 14.4. The number of benzene rings is 1. The Balaban J connectivity index is 2.03. The van der Waals surface area contributed by atoms with Gasteiger partial charge in [0.05, 0.1) is 20.3 Å². The first-order valence-electron chi connectivity index (χ1n) is 8.32. The molecule has 1 aromatic carbocycles. The van der Waals surface area contributed by atoms with Gasteiger partial charge in [0.15, 0.2) is 0 Å². The van der Waals surface area contributed by atoms with Crippen molar-refractivity contribution >= 4 is 6.03 Å². The first kappa shape index (κ1) is 17.4. The van der Waals surface area contributed by atoms with Crippen molar-refractivity contribution in [3.8, 4) is 11.5 Å². The molecule has 2 rings (SSSR count). The van der Waals surface area contributed by atoms with Crippen LogP contribution in [-0.2, 0) is 0 Å². The maximum absolute atomic E-state index is 12.5. The lowest BCUT2D eigenvalue weighted by Gasteiger charge is -2.25. The average molecular weight is 320 g/mol. The fraction of sp³-hybridized carbons (Fsp3) is 0.611. The van der Waals surface area contributed by atoms with Crippen molar-refractivity contribution in [3.05, 3.63) is 23.8 Å². The van der Waals surface area contributed by atoms with Gasteiger partial charge in [-0.1, -0.05) is 6.92 Å². The number of hydrogen-bond donors (Lipinski definition) is 1. The Labute approximate surface area is 139 Å². The monoisotopic (exact) mass is 320 g/mol. The summed E-state index contributed by atoms with van der Waals surface area (Å²) in [5.41, 5.74) is 0.949. The summed E-state index contributed by atoms with van der Waals surface area (Å²) >= 11 is 0. The fourth-order valence-electron chi connectivity index (χ4n) is 3.00. The number of nitrogens with one attached hydrogen (secondary N) is 1. The van der Waals surface area contributed by atoms with E-state index in [0.29, 0.717) is 5.92 Å². The maximum Gasteiger partial charge on any atom is 0.317 e. The van der Waals surface area contributed by atoms with Crippen molar-refractivity contribution in [3.63, 3.8) is 0 Å². The van der Waals surface area contributed by atoms with Gasteiger partial charge in [0.2, 0.25) is 0 Å². The molecule has 5 nitrogen and oxygen atoms in total. The molecule has 2 unspecified atom stereocenters. The van der Waals surface area contributed by atoms with Gasteiger partial charge in [0.25, 0.3) is 0 Å². The molecule has 1 heterocycles. The van der Waals surface area contributed by atoms with E-state index in [-0.39, 0.29) is 12.1 Å². The van der Waals surface area contributed by atoms with Gasteiger partial charge < -0.3 is 19.7 Å². The van der Waals surface area contributed by atoms with Gasteiger partial charge in [0.1, 0.15) is 11.5 Å². The van der Waals surface area contributed by atoms with Crippen LogP contribution in [-0.4, -0.2) is 38.2 Å². The summed E-state index contributed by atoms with van der Waals surface area (Å²) < 4.78 is 10.6. The van der Waals surface area contributed by atoms with E-state index in [0.717, 1.165) is 43.0 Å². The number of methoxy groups -OCH3 is 2. The smallest absolute Gasteiger partial charge is 0.317 e. The number of nitrogens with zero attached hydrogens (tertiary/aromatic N) is 1. The molecule has 0 radical (unpaired) electrons. The Morgan fingerprint density at radius 1 is 1.26 bits per heavy atom. The highest BCUT2D eigenvalue weighted by atomic mass is 16.5. The number of likely N-dealkylation sites (tertiary alicyclic amines) is 1. The van der Waals surface area contributed by atoms with Gasteiger partial charge in [0, 0.05) is 24.7 Å². The number of rotatable bonds is 4. The normalized spacial score (nSPS) is 19.7. The molecule has 0 bridgehead atoms. The van der Waals surface area contributed by atoms with Crippen molar-refractivity contribution in [1.82, 2.24) is 10.2 Å². The van der Waals surface area contributed by atoms with Crippen LogP contribution in [0, 0.1) is 5.92 Å². The molecule has 0 aliphatic carbocycles. The summed E-state index contributed by atoms with van der Waals surface area (Å²) in [5.74, 6) is 2.17. The zero-order valence-corrected chi connectivity index (χ0v) is 14.6. The zero-order chi connectivity index (χ0) is 16.8. The Kier molecular flexibility index (Phi) is 6.13. The molecule has 0 aromatic heterocycles. The predicted molar refractivity (Wildman–Crippen MR) is 91.1 cm³/mol. The summed E-state index contributed by atoms with van der Waals surface area (Å²) in [6.07, 6.45) is 3.36. The first-order chi connectivity index (χ1) is 11.0. The van der Waals surface area contributed by atoms with Crippen molar-refractivity contribution in [1.29, 1.82) is 0 Å². The Morgan fingerprint density at radius 2 is 2.04 bits per heavy atom. The van der Waals surface area contributed by atoms with Crippen LogP contribution in [0.1, 0.15) is 44.7 Å². The van der Waals surface area contributed by atoms with Crippen LogP contribution >= 0.6 is 0 Å². The molecule has 1 N–H and O–H groups in total. The quantitative estimate of drug-likeness (QED) is 0.922. The number of hydrogen-bond acceptors (Lipinski definition) is 3. The molecule has 1 aromatic rings. The third kappa shape index (κ3) is 4.53. The van der Waals surface area contributed by atoms with Gasteiger partial charge in [-0.25, -0.2) is 4.79 Å². The maximum atomic E-state index is 12.5. The molecular formula is C18H28N2O3. The lowest BCUT2D eigenvalue weighted by atomic mass is 10.0. The van der Waals surface area contributed by atoms with Crippen molar-refractivity contribution in [2.24, 2.45) is 5.92 Å². The van der Waals surface area contributed by atoms with E-state index < -0.39 is 0 Å². The number of ether oxygens (including phenoxy) is 2. The standard InChI is InChI=1S/C18H28N2O3/c1-13-6-5-10-20(11-9-13)18(21)19-14(2)16-8-7-15(22-3)12-17(16)23-4/h7-8,12-14H,5-6,9-11H2,1-4H3,(H,19,21). The molecule has 0 spiro atoms. The molecule has 1 aliphatic rings. The molecule has 1 saturated heterocycles. The van der Waals surface area contributed by atoms with Crippen LogP contribution in [0.4, 0.5) is 4.79 Å². The number of urea groups is 1. The van der Waals surface area contributed by atoms with Gasteiger partial charge in [-0.15, -0.1) is 0 Å². The molecule has 23 heavy (non-hydrogen) atoms. The van der Waals surface area contributed by atoms with Gasteiger partial charge in [-0.05, 0) is 44.2 Å². The average Bonchev–Trinajstić information content (AvgIpc) is 2.78. The van der Waals surface area contributed by atoms with E-state index in [4.69, 9.17) is 9.47 Å². The van der Waals surface area contributed by atoms with E-state index in [1.807, 2.05) is 30.0 Å². The minimum absolute atomic E-state index is 0.00414. The van der Waals surface area contributed by atoms with E-state index in [1.54, 1.807) is 14.2 Å². The van der Waals surface area contributed by atoms with Crippen molar-refractivity contribution in [2.45, 2.75) is 39.2 Å². The summed E-state index contributed by atoms with van der Waals surface area (Å²) in [5, 5.41) is 3.09. The molecule has 1 aliphatic heterocycles. The van der Waals surface area contributed by atoms with Crippen molar-refractivity contribution in [2.75, 3.05) is 27.3 Å². The topological polar surface area (TPSA) is 50.8 Å². The second-order valence-electron chi connectivity index (χ2n) is 6.30. The third-order valence-electron chi connectivity index (χ3n) is 4.55. The minimum Gasteiger partial charge on any atom is -0.497 e. The molecule has 1 fully saturated rings. The van der Waals surface area contributed by atoms with Crippen LogP contribution in [0.3, 0.4) is 0 Å². The molecule has 5 heteroatoms. The highest BCUT2D eigenvalue weighted by Gasteiger charge is 2.21. The lowest BCUT2D eigenvalue weighted by Crippen LogP contribution is -2.41. The van der Waals surface area contributed by atoms with Gasteiger partial charge in [-0.3, -0.25) is 0 Å². The van der Waals surface area contributed by atoms with E-state index in [9.17, 15) is 4.79 Å². The molecule has 2 amide bonds. The number of carbonyl (C=O) groups excluding carboxylic acids is 1. The highest BCUT2D eigenvalue weighted by molar-refractivity contribution is 5.75. The Hall–Kier alpha value is -1.91. The van der Waals surface area contributed by atoms with E-state index >= 15 is 0 Å².